The second-order valence-electron chi connectivity index (χ2n) is 6.15. The summed E-state index contributed by atoms with van der Waals surface area (Å²) in [5.74, 6) is 0.884. The van der Waals surface area contributed by atoms with Crippen LogP contribution in [-0.4, -0.2) is 80.8 Å². The van der Waals surface area contributed by atoms with Gasteiger partial charge >= 0.3 is 0 Å². The van der Waals surface area contributed by atoms with Crippen LogP contribution in [0.15, 0.2) is 0 Å². The monoisotopic (exact) mass is 302 g/mol. The highest BCUT2D eigenvalue weighted by atomic mass is 32.2. The standard InChI is InChI=1S/C13H26N4O2S/c18-20(19,16-6-1-4-14-5-7-16)17-10-8-15(9-11-17)12-13-2-3-13/h13-14H,1-12H2. The minimum absolute atomic E-state index is 0.602. The summed E-state index contributed by atoms with van der Waals surface area (Å²) in [5, 5.41) is 3.25. The molecule has 3 fully saturated rings. The van der Waals surface area contributed by atoms with Crippen molar-refractivity contribution in [1.29, 1.82) is 0 Å². The third-order valence-corrected chi connectivity index (χ3v) is 6.53. The van der Waals surface area contributed by atoms with Crippen LogP contribution in [-0.2, 0) is 10.2 Å². The Morgan fingerprint density at radius 2 is 1.60 bits per heavy atom. The second kappa shape index (κ2) is 6.27. The minimum atomic E-state index is -3.24. The predicted molar refractivity (Wildman–Crippen MR) is 78.7 cm³/mol. The molecule has 0 bridgehead atoms. The molecule has 0 aromatic heterocycles. The summed E-state index contributed by atoms with van der Waals surface area (Å²) in [6.07, 6.45) is 3.62. The number of hydrogen-bond donors (Lipinski definition) is 1. The first-order chi connectivity index (χ1) is 9.66. The maximum absolute atomic E-state index is 12.6. The zero-order valence-electron chi connectivity index (χ0n) is 12.1. The van der Waals surface area contributed by atoms with Gasteiger partial charge in [-0.25, -0.2) is 0 Å². The normalized spacial score (nSPS) is 28.4. The first-order valence-corrected chi connectivity index (χ1v) is 9.24. The van der Waals surface area contributed by atoms with Gasteiger partial charge in [-0.15, -0.1) is 0 Å². The molecule has 3 rings (SSSR count). The first kappa shape index (κ1) is 14.7. The van der Waals surface area contributed by atoms with Crippen molar-refractivity contribution in [3.05, 3.63) is 0 Å². The van der Waals surface area contributed by atoms with Gasteiger partial charge in [-0.05, 0) is 31.7 Å². The highest BCUT2D eigenvalue weighted by Gasteiger charge is 2.33. The van der Waals surface area contributed by atoms with E-state index in [1.807, 2.05) is 0 Å². The lowest BCUT2D eigenvalue weighted by molar-refractivity contribution is 0.176. The van der Waals surface area contributed by atoms with Gasteiger partial charge in [-0.1, -0.05) is 0 Å². The van der Waals surface area contributed by atoms with E-state index in [0.717, 1.165) is 38.5 Å². The average Bonchev–Trinajstić information content (AvgIpc) is 3.25. The number of rotatable bonds is 4. The van der Waals surface area contributed by atoms with Crippen LogP contribution >= 0.6 is 0 Å². The summed E-state index contributed by atoms with van der Waals surface area (Å²) in [4.78, 5) is 2.42. The fourth-order valence-corrected chi connectivity index (χ4v) is 4.66. The van der Waals surface area contributed by atoms with E-state index in [0.29, 0.717) is 26.2 Å². The highest BCUT2D eigenvalue weighted by Crippen LogP contribution is 2.30. The van der Waals surface area contributed by atoms with Gasteiger partial charge in [0.15, 0.2) is 0 Å². The Hall–Kier alpha value is -0.210. The molecule has 0 aromatic carbocycles. The molecule has 20 heavy (non-hydrogen) atoms. The van der Waals surface area contributed by atoms with Gasteiger partial charge in [0.05, 0.1) is 0 Å². The van der Waals surface area contributed by atoms with Gasteiger partial charge in [-0.2, -0.15) is 17.0 Å². The fraction of sp³-hybridized carbons (Fsp3) is 1.00. The van der Waals surface area contributed by atoms with Crippen LogP contribution in [0.5, 0.6) is 0 Å². The Bertz CT molecular complexity index is 408. The number of piperazine rings is 1. The van der Waals surface area contributed by atoms with Crippen molar-refractivity contribution in [1.82, 2.24) is 18.8 Å². The largest absolute Gasteiger partial charge is 0.315 e. The van der Waals surface area contributed by atoms with Crippen molar-refractivity contribution in [2.45, 2.75) is 19.3 Å². The van der Waals surface area contributed by atoms with Gasteiger partial charge < -0.3 is 10.2 Å². The summed E-state index contributed by atoms with van der Waals surface area (Å²) in [6.45, 7) is 7.19. The van der Waals surface area contributed by atoms with E-state index < -0.39 is 10.2 Å². The Morgan fingerprint density at radius 1 is 0.900 bits per heavy atom. The van der Waals surface area contributed by atoms with Crippen LogP contribution < -0.4 is 5.32 Å². The average molecular weight is 302 g/mol. The van der Waals surface area contributed by atoms with Crippen LogP contribution in [0.3, 0.4) is 0 Å². The molecule has 0 aromatic rings. The molecule has 2 aliphatic heterocycles. The molecule has 0 spiro atoms. The molecule has 1 saturated carbocycles. The lowest BCUT2D eigenvalue weighted by Crippen LogP contribution is -2.53. The van der Waals surface area contributed by atoms with Crippen molar-refractivity contribution in [2.24, 2.45) is 5.92 Å². The van der Waals surface area contributed by atoms with Gasteiger partial charge in [0.2, 0.25) is 0 Å². The molecule has 1 aliphatic carbocycles. The van der Waals surface area contributed by atoms with Crippen molar-refractivity contribution >= 4 is 10.2 Å². The lowest BCUT2D eigenvalue weighted by Gasteiger charge is -2.36. The third-order valence-electron chi connectivity index (χ3n) is 4.50. The minimum Gasteiger partial charge on any atom is -0.315 e. The summed E-state index contributed by atoms with van der Waals surface area (Å²) in [5.41, 5.74) is 0. The zero-order chi connectivity index (χ0) is 14.0. The Labute approximate surface area is 122 Å². The fourth-order valence-electron chi connectivity index (χ4n) is 3.02. The summed E-state index contributed by atoms with van der Waals surface area (Å²) in [7, 11) is -3.24. The Balaban J connectivity index is 1.54. The quantitative estimate of drug-likeness (QED) is 0.764. The summed E-state index contributed by atoms with van der Waals surface area (Å²) >= 11 is 0. The van der Waals surface area contributed by atoms with E-state index >= 15 is 0 Å². The topological polar surface area (TPSA) is 55.9 Å². The van der Waals surface area contributed by atoms with Gasteiger partial charge in [0, 0.05) is 52.4 Å². The maximum atomic E-state index is 12.6. The molecule has 2 heterocycles. The van der Waals surface area contributed by atoms with E-state index in [2.05, 4.69) is 10.2 Å². The molecule has 0 radical (unpaired) electrons. The zero-order valence-corrected chi connectivity index (χ0v) is 12.9. The van der Waals surface area contributed by atoms with Crippen molar-refractivity contribution in [3.63, 3.8) is 0 Å². The van der Waals surface area contributed by atoms with Crippen LogP contribution in [0.1, 0.15) is 19.3 Å². The van der Waals surface area contributed by atoms with E-state index in [9.17, 15) is 8.42 Å². The molecule has 7 heteroatoms. The lowest BCUT2D eigenvalue weighted by atomic mass is 10.3. The Morgan fingerprint density at radius 3 is 2.30 bits per heavy atom. The molecule has 2 saturated heterocycles. The van der Waals surface area contributed by atoms with Crippen LogP contribution in [0.2, 0.25) is 0 Å². The molecule has 0 unspecified atom stereocenters. The Kier molecular flexibility index (Phi) is 4.62. The summed E-state index contributed by atoms with van der Waals surface area (Å²) in [6, 6.07) is 0. The number of hydrogen-bond acceptors (Lipinski definition) is 4. The van der Waals surface area contributed by atoms with E-state index in [1.54, 1.807) is 8.61 Å². The molecule has 116 valence electrons. The first-order valence-electron chi connectivity index (χ1n) is 7.84. The molecule has 0 amide bonds. The molecule has 1 N–H and O–H groups in total. The van der Waals surface area contributed by atoms with Crippen LogP contribution in [0.25, 0.3) is 0 Å². The molecule has 6 nitrogen and oxygen atoms in total. The second-order valence-corrected chi connectivity index (χ2v) is 8.08. The van der Waals surface area contributed by atoms with Crippen LogP contribution in [0.4, 0.5) is 0 Å². The number of nitrogens with one attached hydrogen (secondary N) is 1. The van der Waals surface area contributed by atoms with Gasteiger partial charge in [0.1, 0.15) is 0 Å². The van der Waals surface area contributed by atoms with Gasteiger partial charge in [0.25, 0.3) is 10.2 Å². The van der Waals surface area contributed by atoms with E-state index in [1.165, 1.54) is 19.4 Å². The van der Waals surface area contributed by atoms with Crippen LogP contribution in [0, 0.1) is 5.92 Å². The molecule has 3 aliphatic rings. The van der Waals surface area contributed by atoms with E-state index in [-0.39, 0.29) is 0 Å². The van der Waals surface area contributed by atoms with Crippen molar-refractivity contribution < 1.29 is 8.42 Å². The van der Waals surface area contributed by atoms with Crippen molar-refractivity contribution in [2.75, 3.05) is 58.9 Å². The molecular weight excluding hydrogens is 276 g/mol. The smallest absolute Gasteiger partial charge is 0.282 e. The SMILES string of the molecule is O=S(=O)(N1CCCNCC1)N1CCN(CC2CC2)CC1. The maximum Gasteiger partial charge on any atom is 0.282 e. The van der Waals surface area contributed by atoms with Crippen molar-refractivity contribution in [3.8, 4) is 0 Å². The molecular formula is C13H26N4O2S. The molecule has 0 atom stereocenters. The highest BCUT2D eigenvalue weighted by molar-refractivity contribution is 7.86. The number of nitrogens with zero attached hydrogens (tertiary/aromatic N) is 3. The third kappa shape index (κ3) is 3.51. The summed E-state index contributed by atoms with van der Waals surface area (Å²) < 4.78 is 28.6. The van der Waals surface area contributed by atoms with Gasteiger partial charge in [-0.3, -0.25) is 0 Å². The van der Waals surface area contributed by atoms with E-state index in [4.69, 9.17) is 0 Å². The predicted octanol–water partition coefficient (Wildman–Crippen LogP) is -0.446.